The molecule has 1 aromatic carbocycles. The molecule has 7 nitrogen and oxygen atoms in total. The Bertz CT molecular complexity index is 1440. The fraction of sp³-hybridized carbons (Fsp3) is 0.346. The molecule has 0 amide bonds. The van der Waals surface area contributed by atoms with Crippen LogP contribution in [0.5, 0.6) is 5.75 Å². The summed E-state index contributed by atoms with van der Waals surface area (Å²) in [6.07, 6.45) is 4.64. The number of furan rings is 1. The smallest absolute Gasteiger partial charge is 0.311 e. The molecular weight excluding hydrogens is 416 g/mol. The lowest BCUT2D eigenvalue weighted by Crippen LogP contribution is -2.11. The molecule has 170 valence electrons. The number of fused-ring (bicyclic) bond motifs is 5. The predicted octanol–water partition coefficient (Wildman–Crippen LogP) is 5.63. The molecule has 0 radical (unpaired) electrons. The van der Waals surface area contributed by atoms with Crippen molar-refractivity contribution in [3.05, 3.63) is 60.4 Å². The Kier molecular flexibility index (Phi) is 5.40. The average Bonchev–Trinajstić information content (AvgIpc) is 3.45. The van der Waals surface area contributed by atoms with Crippen molar-refractivity contribution in [2.45, 2.75) is 47.1 Å². The zero-order valence-electron chi connectivity index (χ0n) is 19.4. The highest BCUT2D eigenvalue weighted by Gasteiger charge is 2.23. The number of hydrogen-bond acceptors (Lipinski definition) is 5. The monoisotopic (exact) mass is 444 g/mol. The van der Waals surface area contributed by atoms with Crippen LogP contribution < -0.4 is 4.74 Å². The number of rotatable bonds is 7. The Balaban J connectivity index is 1.79. The first-order valence-corrected chi connectivity index (χ1v) is 11.4. The van der Waals surface area contributed by atoms with Gasteiger partial charge in [-0.3, -0.25) is 9.20 Å². The number of ether oxygens (including phenoxy) is 1. The molecule has 0 spiro atoms. The molecule has 33 heavy (non-hydrogen) atoms. The van der Waals surface area contributed by atoms with Crippen LogP contribution in [0.2, 0.25) is 0 Å². The maximum Gasteiger partial charge on any atom is 0.311 e. The third-order valence-electron chi connectivity index (χ3n) is 5.59. The molecule has 4 heterocycles. The molecule has 0 aliphatic heterocycles. The Morgan fingerprint density at radius 3 is 2.58 bits per heavy atom. The fourth-order valence-electron chi connectivity index (χ4n) is 4.25. The van der Waals surface area contributed by atoms with Crippen LogP contribution in [0.15, 0.2) is 53.3 Å². The molecule has 4 aromatic heterocycles. The molecule has 0 unspecified atom stereocenters. The Labute approximate surface area is 192 Å². The quantitative estimate of drug-likeness (QED) is 0.304. The summed E-state index contributed by atoms with van der Waals surface area (Å²) in [6.45, 7) is 8.84. The van der Waals surface area contributed by atoms with E-state index in [4.69, 9.17) is 19.1 Å². The molecule has 0 aliphatic carbocycles. The van der Waals surface area contributed by atoms with Gasteiger partial charge in [0.05, 0.1) is 23.8 Å². The number of hydrogen-bond donors (Lipinski definition) is 0. The molecule has 0 bridgehead atoms. The minimum atomic E-state index is -0.262. The van der Waals surface area contributed by atoms with Gasteiger partial charge in [0.15, 0.2) is 11.4 Å². The largest absolute Gasteiger partial charge is 0.467 e. The van der Waals surface area contributed by atoms with Crippen molar-refractivity contribution in [1.82, 2.24) is 18.9 Å². The third kappa shape index (κ3) is 3.99. The van der Waals surface area contributed by atoms with E-state index in [-0.39, 0.29) is 11.9 Å². The summed E-state index contributed by atoms with van der Waals surface area (Å²) in [5.41, 5.74) is 3.37. The Morgan fingerprint density at radius 2 is 1.85 bits per heavy atom. The van der Waals surface area contributed by atoms with Gasteiger partial charge in [0.1, 0.15) is 22.6 Å². The molecule has 0 aliphatic rings. The van der Waals surface area contributed by atoms with E-state index in [2.05, 4.69) is 24.3 Å². The van der Waals surface area contributed by atoms with Gasteiger partial charge in [-0.2, -0.15) is 0 Å². The van der Waals surface area contributed by atoms with Gasteiger partial charge in [-0.25, -0.2) is 9.97 Å². The number of carbonyl (C=O) groups is 1. The second-order valence-corrected chi connectivity index (χ2v) is 9.36. The van der Waals surface area contributed by atoms with E-state index in [9.17, 15) is 4.79 Å². The van der Waals surface area contributed by atoms with Crippen LogP contribution in [-0.4, -0.2) is 24.9 Å². The van der Waals surface area contributed by atoms with Crippen molar-refractivity contribution in [3.8, 4) is 5.75 Å². The van der Waals surface area contributed by atoms with Crippen LogP contribution in [0.4, 0.5) is 0 Å². The lowest BCUT2D eigenvalue weighted by Gasteiger charge is -2.11. The van der Waals surface area contributed by atoms with Gasteiger partial charge in [-0.05, 0) is 36.1 Å². The normalized spacial score (nSPS) is 12.1. The number of para-hydroxylation sites is 2. The highest BCUT2D eigenvalue weighted by atomic mass is 16.5. The highest BCUT2D eigenvalue weighted by Crippen LogP contribution is 2.34. The van der Waals surface area contributed by atoms with Gasteiger partial charge in [-0.1, -0.05) is 39.8 Å². The molecule has 0 fully saturated rings. The molecule has 0 N–H and O–H groups in total. The number of esters is 1. The van der Waals surface area contributed by atoms with Crippen LogP contribution in [0, 0.1) is 11.8 Å². The SMILES string of the molecule is CC(C)CC(=O)Oc1cn(Cc2ccco2)c2nc(CC(C)C)n3c4ccccc4nc3c12. The number of carbonyl (C=O) groups excluding carboxylic acids is 1. The van der Waals surface area contributed by atoms with Crippen molar-refractivity contribution in [3.63, 3.8) is 0 Å². The van der Waals surface area contributed by atoms with Gasteiger partial charge < -0.3 is 13.7 Å². The standard InChI is InChI=1S/C26H28N4O3/c1-16(2)12-22-28-25-24(26-27-19-9-5-6-10-20(19)30(22)26)21(33-23(31)13-17(3)4)15-29(25)14-18-8-7-11-32-18/h5-11,15-17H,12-14H2,1-4H3. The third-order valence-corrected chi connectivity index (χ3v) is 5.59. The lowest BCUT2D eigenvalue weighted by molar-refractivity contribution is -0.135. The Hall–Kier alpha value is -3.61. The van der Waals surface area contributed by atoms with E-state index in [1.165, 1.54) is 0 Å². The van der Waals surface area contributed by atoms with Gasteiger partial charge in [-0.15, -0.1) is 0 Å². The van der Waals surface area contributed by atoms with Gasteiger partial charge in [0, 0.05) is 19.0 Å². The predicted molar refractivity (Wildman–Crippen MR) is 127 cm³/mol. The van der Waals surface area contributed by atoms with Crippen molar-refractivity contribution < 1.29 is 13.9 Å². The van der Waals surface area contributed by atoms with E-state index in [1.807, 2.05) is 54.9 Å². The summed E-state index contributed by atoms with van der Waals surface area (Å²) in [5.74, 6) is 2.57. The van der Waals surface area contributed by atoms with Gasteiger partial charge in [0.25, 0.3) is 0 Å². The molecule has 5 aromatic rings. The number of aromatic nitrogens is 4. The first-order valence-electron chi connectivity index (χ1n) is 11.4. The zero-order valence-corrected chi connectivity index (χ0v) is 19.4. The summed E-state index contributed by atoms with van der Waals surface area (Å²) < 4.78 is 15.5. The molecule has 0 atom stereocenters. The van der Waals surface area contributed by atoms with E-state index in [1.54, 1.807) is 6.26 Å². The van der Waals surface area contributed by atoms with Crippen molar-refractivity contribution in [1.29, 1.82) is 0 Å². The molecule has 0 saturated heterocycles. The van der Waals surface area contributed by atoms with Crippen LogP contribution in [-0.2, 0) is 17.8 Å². The van der Waals surface area contributed by atoms with Gasteiger partial charge >= 0.3 is 5.97 Å². The van der Waals surface area contributed by atoms with E-state index >= 15 is 0 Å². The van der Waals surface area contributed by atoms with Crippen LogP contribution in [0.3, 0.4) is 0 Å². The lowest BCUT2D eigenvalue weighted by atomic mass is 10.1. The van der Waals surface area contributed by atoms with Crippen molar-refractivity contribution >= 4 is 33.7 Å². The number of benzene rings is 1. The van der Waals surface area contributed by atoms with Crippen LogP contribution in [0.25, 0.3) is 27.7 Å². The fourth-order valence-corrected chi connectivity index (χ4v) is 4.25. The minimum absolute atomic E-state index is 0.207. The molecule has 5 rings (SSSR count). The summed E-state index contributed by atoms with van der Waals surface area (Å²) in [4.78, 5) is 22.6. The van der Waals surface area contributed by atoms with Crippen molar-refractivity contribution in [2.75, 3.05) is 0 Å². The average molecular weight is 445 g/mol. The summed E-state index contributed by atoms with van der Waals surface area (Å²) in [5, 5.41) is 0.738. The van der Waals surface area contributed by atoms with E-state index in [0.29, 0.717) is 24.6 Å². The topological polar surface area (TPSA) is 74.6 Å². The maximum absolute atomic E-state index is 12.6. The summed E-state index contributed by atoms with van der Waals surface area (Å²) in [6, 6.07) is 11.8. The van der Waals surface area contributed by atoms with E-state index in [0.717, 1.165) is 45.7 Å². The molecular formula is C26H28N4O3. The van der Waals surface area contributed by atoms with Crippen LogP contribution in [0.1, 0.15) is 45.7 Å². The second kappa shape index (κ2) is 8.39. The van der Waals surface area contributed by atoms with Crippen LogP contribution >= 0.6 is 0 Å². The van der Waals surface area contributed by atoms with Crippen molar-refractivity contribution in [2.24, 2.45) is 11.8 Å². The maximum atomic E-state index is 12.6. The zero-order chi connectivity index (χ0) is 23.1. The summed E-state index contributed by atoms with van der Waals surface area (Å²) >= 11 is 0. The summed E-state index contributed by atoms with van der Waals surface area (Å²) in [7, 11) is 0. The first kappa shape index (κ1) is 21.2. The number of nitrogens with zero attached hydrogens (tertiary/aromatic N) is 4. The molecule has 7 heteroatoms. The number of imidazole rings is 1. The second-order valence-electron chi connectivity index (χ2n) is 9.36. The molecule has 0 saturated carbocycles. The van der Waals surface area contributed by atoms with E-state index < -0.39 is 0 Å². The minimum Gasteiger partial charge on any atom is -0.467 e. The van der Waals surface area contributed by atoms with Gasteiger partial charge in [0.2, 0.25) is 0 Å². The first-order chi connectivity index (χ1) is 15.9. The Morgan fingerprint density at radius 1 is 1.03 bits per heavy atom. The highest BCUT2D eigenvalue weighted by molar-refractivity contribution is 6.01.